The largest absolute Gasteiger partial charge is 0.234 e. The van der Waals surface area contributed by atoms with Crippen molar-refractivity contribution in [1.29, 1.82) is 0 Å². The van der Waals surface area contributed by atoms with Gasteiger partial charge in [0.05, 0.1) is 4.08 Å². The van der Waals surface area contributed by atoms with Crippen molar-refractivity contribution in [1.82, 2.24) is 0 Å². The van der Waals surface area contributed by atoms with Crippen LogP contribution in [0.25, 0.3) is 0 Å². The second kappa shape index (κ2) is 3.70. The Labute approximate surface area is 76.0 Å². The summed E-state index contributed by atoms with van der Waals surface area (Å²) in [6, 6.07) is 0. The summed E-state index contributed by atoms with van der Waals surface area (Å²) in [6.45, 7) is 0. The zero-order valence-electron chi connectivity index (χ0n) is 6.79. The Balaban J connectivity index is 2.73. The lowest BCUT2D eigenvalue weighted by Crippen LogP contribution is -2.18. The molecule has 3 heteroatoms. The first-order valence-electron chi connectivity index (χ1n) is 3.61. The zero-order chi connectivity index (χ0) is 8.32. The van der Waals surface area contributed by atoms with E-state index in [1.54, 1.807) is 29.6 Å². The van der Waals surface area contributed by atoms with Gasteiger partial charge in [0.25, 0.3) is 0 Å². The number of hydrogen-bond acceptors (Lipinski definition) is 3. The van der Waals surface area contributed by atoms with Crippen LogP contribution in [0.4, 0.5) is 0 Å². The second-order valence-electron chi connectivity index (χ2n) is 2.67. The first kappa shape index (κ1) is 9.24. The van der Waals surface area contributed by atoms with Gasteiger partial charge in [-0.2, -0.15) is 0 Å². The Morgan fingerprint density at radius 1 is 1.45 bits per heavy atom. The van der Waals surface area contributed by atoms with Crippen LogP contribution in [-0.2, 0) is 4.79 Å². The molecule has 1 fully saturated rings. The van der Waals surface area contributed by atoms with Crippen LogP contribution in [-0.4, -0.2) is 22.5 Å². The number of thioether (sulfide) groups is 2. The normalized spacial score (nSPS) is 17.6. The molecule has 11 heavy (non-hydrogen) atoms. The van der Waals surface area contributed by atoms with Crippen molar-refractivity contribution in [3.05, 3.63) is 6.08 Å². The van der Waals surface area contributed by atoms with Crippen LogP contribution in [0.1, 0.15) is 12.8 Å². The van der Waals surface area contributed by atoms with E-state index in [9.17, 15) is 4.79 Å². The van der Waals surface area contributed by atoms with Crippen molar-refractivity contribution in [2.24, 2.45) is 5.92 Å². The average Bonchev–Trinajstić information content (AvgIpc) is 2.83. The molecule has 1 aliphatic carbocycles. The Morgan fingerprint density at radius 3 is 2.27 bits per heavy atom. The molecule has 0 bridgehead atoms. The summed E-state index contributed by atoms with van der Waals surface area (Å²) >= 11 is 3.51. The molecule has 1 rings (SSSR count). The first-order valence-corrected chi connectivity index (χ1v) is 6.06. The van der Waals surface area contributed by atoms with Gasteiger partial charge in [-0.1, -0.05) is 0 Å². The molecule has 0 saturated heterocycles. The van der Waals surface area contributed by atoms with Crippen LogP contribution >= 0.6 is 23.5 Å². The third-order valence-corrected chi connectivity index (χ3v) is 5.22. The lowest BCUT2D eigenvalue weighted by molar-refractivity contribution is 0.567. The van der Waals surface area contributed by atoms with E-state index < -0.39 is 0 Å². The van der Waals surface area contributed by atoms with Crippen LogP contribution < -0.4 is 0 Å². The quantitative estimate of drug-likeness (QED) is 0.497. The minimum absolute atomic E-state index is 0.0295. The maximum Gasteiger partial charge on any atom is 0.122 e. The molecule has 0 aliphatic heterocycles. The van der Waals surface area contributed by atoms with Crippen LogP contribution in [0.15, 0.2) is 6.08 Å². The molecule has 1 aliphatic rings. The number of carbonyl (C=O) groups excluding carboxylic acids is 1. The van der Waals surface area contributed by atoms with E-state index in [2.05, 4.69) is 12.5 Å². The van der Waals surface area contributed by atoms with E-state index >= 15 is 0 Å². The van der Waals surface area contributed by atoms with Crippen molar-refractivity contribution in [3.8, 4) is 0 Å². The molecule has 0 spiro atoms. The highest BCUT2D eigenvalue weighted by Crippen LogP contribution is 2.53. The van der Waals surface area contributed by atoms with E-state index in [0.29, 0.717) is 5.92 Å². The van der Waals surface area contributed by atoms with Crippen molar-refractivity contribution >= 4 is 29.5 Å². The van der Waals surface area contributed by atoms with Crippen molar-refractivity contribution in [2.75, 3.05) is 12.5 Å². The van der Waals surface area contributed by atoms with Gasteiger partial charge in [0, 0.05) is 6.08 Å². The molecule has 0 heterocycles. The molecule has 0 amide bonds. The minimum atomic E-state index is 0.0295. The summed E-state index contributed by atoms with van der Waals surface area (Å²) in [7, 11) is 0. The molecule has 0 radical (unpaired) electrons. The van der Waals surface area contributed by atoms with Crippen LogP contribution in [0.5, 0.6) is 0 Å². The van der Waals surface area contributed by atoms with Gasteiger partial charge in [0.1, 0.15) is 5.94 Å². The Hall–Kier alpha value is 0.150. The van der Waals surface area contributed by atoms with E-state index in [0.717, 1.165) is 0 Å². The molecule has 0 N–H and O–H groups in total. The van der Waals surface area contributed by atoms with Crippen LogP contribution in [0, 0.1) is 5.92 Å². The highest BCUT2D eigenvalue weighted by molar-refractivity contribution is 8.17. The summed E-state index contributed by atoms with van der Waals surface area (Å²) in [6.07, 6.45) is 8.32. The maximum atomic E-state index is 10.3. The predicted octanol–water partition coefficient (Wildman–Crippen LogP) is 2.21. The van der Waals surface area contributed by atoms with Gasteiger partial charge in [-0.3, -0.25) is 0 Å². The third kappa shape index (κ3) is 1.84. The van der Waals surface area contributed by atoms with Crippen LogP contribution in [0.3, 0.4) is 0 Å². The average molecular weight is 188 g/mol. The molecular weight excluding hydrogens is 176 g/mol. The van der Waals surface area contributed by atoms with Crippen molar-refractivity contribution < 1.29 is 4.79 Å². The fourth-order valence-corrected chi connectivity index (χ4v) is 3.36. The van der Waals surface area contributed by atoms with Gasteiger partial charge < -0.3 is 0 Å². The smallest absolute Gasteiger partial charge is 0.122 e. The Morgan fingerprint density at radius 2 is 2.00 bits per heavy atom. The SMILES string of the molecule is CSC(C=C=O)(SC)C1CC1. The van der Waals surface area contributed by atoms with E-state index in [1.165, 1.54) is 12.8 Å². The molecule has 0 aromatic heterocycles. The fourth-order valence-electron chi connectivity index (χ4n) is 1.22. The summed E-state index contributed by atoms with van der Waals surface area (Å²) in [4.78, 5) is 10.3. The van der Waals surface area contributed by atoms with E-state index in [-0.39, 0.29) is 4.08 Å². The molecule has 0 atom stereocenters. The molecule has 0 unspecified atom stereocenters. The first-order chi connectivity index (χ1) is 5.29. The van der Waals surface area contributed by atoms with Crippen LogP contribution in [0.2, 0.25) is 0 Å². The van der Waals surface area contributed by atoms with Gasteiger partial charge >= 0.3 is 0 Å². The lowest BCUT2D eigenvalue weighted by atomic mass is 10.3. The van der Waals surface area contributed by atoms with E-state index in [1.807, 2.05) is 5.94 Å². The number of hydrogen-bond donors (Lipinski definition) is 0. The third-order valence-electron chi connectivity index (χ3n) is 2.04. The van der Waals surface area contributed by atoms with Gasteiger partial charge in [-0.15, -0.1) is 23.5 Å². The highest BCUT2D eigenvalue weighted by atomic mass is 32.2. The topological polar surface area (TPSA) is 17.1 Å². The second-order valence-corrected chi connectivity index (χ2v) is 5.09. The van der Waals surface area contributed by atoms with Gasteiger partial charge in [0.2, 0.25) is 0 Å². The molecular formula is C8H12OS2. The minimum Gasteiger partial charge on any atom is -0.234 e. The Bertz CT molecular complexity index is 177. The lowest BCUT2D eigenvalue weighted by Gasteiger charge is -2.24. The Kier molecular flexibility index (Phi) is 3.11. The monoisotopic (exact) mass is 188 g/mol. The summed E-state index contributed by atoms with van der Waals surface area (Å²) in [5.41, 5.74) is 0. The molecule has 0 aromatic carbocycles. The molecule has 0 aromatic rings. The molecule has 1 nitrogen and oxygen atoms in total. The predicted molar refractivity (Wildman–Crippen MR) is 52.7 cm³/mol. The summed E-state index contributed by atoms with van der Waals surface area (Å²) in [5.74, 6) is 2.62. The van der Waals surface area contributed by atoms with E-state index in [4.69, 9.17) is 0 Å². The highest BCUT2D eigenvalue weighted by Gasteiger charge is 2.42. The van der Waals surface area contributed by atoms with Crippen molar-refractivity contribution in [2.45, 2.75) is 16.9 Å². The van der Waals surface area contributed by atoms with Gasteiger partial charge in [-0.25, -0.2) is 4.79 Å². The molecule has 62 valence electrons. The summed E-state index contributed by atoms with van der Waals surface area (Å²) in [5, 5.41) is 0. The zero-order valence-corrected chi connectivity index (χ0v) is 8.43. The summed E-state index contributed by atoms with van der Waals surface area (Å²) < 4.78 is 0.0295. The standard InChI is InChI=1S/C8H12OS2/c1-10-8(11-2,5-6-9)7-3-4-7/h5,7H,3-4H2,1-2H3. The molecule has 1 saturated carbocycles. The van der Waals surface area contributed by atoms with Gasteiger partial charge in [0.15, 0.2) is 0 Å². The maximum absolute atomic E-state index is 10.3. The van der Waals surface area contributed by atoms with Gasteiger partial charge in [-0.05, 0) is 31.3 Å². The fraction of sp³-hybridized carbons (Fsp3) is 0.750. The van der Waals surface area contributed by atoms with Crippen molar-refractivity contribution in [3.63, 3.8) is 0 Å². The number of rotatable bonds is 4.